The van der Waals surface area contributed by atoms with E-state index in [1.807, 2.05) is 18.8 Å². The molecule has 1 unspecified atom stereocenters. The Morgan fingerprint density at radius 3 is 2.81 bits per heavy atom. The van der Waals surface area contributed by atoms with E-state index < -0.39 is 0 Å². The molecule has 5 heteroatoms. The Bertz CT molecular complexity index is 624. The van der Waals surface area contributed by atoms with Crippen molar-refractivity contribution < 1.29 is 0 Å². The van der Waals surface area contributed by atoms with Gasteiger partial charge in [0.1, 0.15) is 0 Å². The molecular weight excluding hydrogens is 284 g/mol. The van der Waals surface area contributed by atoms with E-state index in [4.69, 9.17) is 11.6 Å². The summed E-state index contributed by atoms with van der Waals surface area (Å²) < 4.78 is 4.10. The summed E-state index contributed by atoms with van der Waals surface area (Å²) >= 11 is 6.43. The minimum atomic E-state index is 0.486. The highest BCUT2D eigenvalue weighted by atomic mass is 35.5. The first-order chi connectivity index (χ1) is 10.1. The third-order valence-electron chi connectivity index (χ3n) is 4.37. The molecule has 1 aliphatic carbocycles. The maximum Gasteiger partial charge on any atom is 0.0868 e. The molecule has 1 atom stereocenters. The second-order valence-electron chi connectivity index (χ2n) is 5.91. The lowest BCUT2D eigenvalue weighted by atomic mass is 10.1. The number of aryl methyl sites for hydroxylation is 2. The van der Waals surface area contributed by atoms with Gasteiger partial charge in [-0.2, -0.15) is 5.10 Å². The van der Waals surface area contributed by atoms with E-state index in [2.05, 4.69) is 40.4 Å². The van der Waals surface area contributed by atoms with Crippen molar-refractivity contribution >= 4 is 11.6 Å². The van der Waals surface area contributed by atoms with Crippen LogP contribution in [-0.4, -0.2) is 21.4 Å². The summed E-state index contributed by atoms with van der Waals surface area (Å²) in [5.41, 5.74) is 3.42. The number of nitrogens with zero attached hydrogens (tertiary/aromatic N) is 3. The molecular formula is C16H23ClN4. The van der Waals surface area contributed by atoms with Crippen LogP contribution in [0.3, 0.4) is 0 Å². The van der Waals surface area contributed by atoms with Crippen molar-refractivity contribution in [3.8, 4) is 0 Å². The molecule has 0 aliphatic heterocycles. The number of rotatable bonds is 6. The largest absolute Gasteiger partial charge is 0.348 e. The van der Waals surface area contributed by atoms with Crippen molar-refractivity contribution in [2.45, 2.75) is 38.8 Å². The molecule has 0 aromatic carbocycles. The van der Waals surface area contributed by atoms with Gasteiger partial charge in [-0.05, 0) is 43.9 Å². The van der Waals surface area contributed by atoms with E-state index in [1.54, 1.807) is 0 Å². The van der Waals surface area contributed by atoms with E-state index in [0.29, 0.717) is 6.04 Å². The number of nitrogens with one attached hydrogen (secondary N) is 1. The van der Waals surface area contributed by atoms with Gasteiger partial charge in [0.15, 0.2) is 0 Å². The molecule has 1 aliphatic rings. The van der Waals surface area contributed by atoms with Crippen molar-refractivity contribution in [1.29, 1.82) is 0 Å². The fourth-order valence-electron chi connectivity index (χ4n) is 3.01. The lowest BCUT2D eigenvalue weighted by Gasteiger charge is -2.13. The Morgan fingerprint density at radius 1 is 1.48 bits per heavy atom. The lowest BCUT2D eigenvalue weighted by molar-refractivity contribution is 0.527. The highest BCUT2D eigenvalue weighted by molar-refractivity contribution is 6.31. The van der Waals surface area contributed by atoms with Gasteiger partial charge < -0.3 is 9.88 Å². The Balaban J connectivity index is 1.79. The van der Waals surface area contributed by atoms with Gasteiger partial charge in [0, 0.05) is 25.5 Å². The van der Waals surface area contributed by atoms with E-state index in [9.17, 15) is 0 Å². The van der Waals surface area contributed by atoms with Crippen LogP contribution in [0.1, 0.15) is 42.8 Å². The van der Waals surface area contributed by atoms with Gasteiger partial charge in [-0.3, -0.25) is 4.68 Å². The smallest absolute Gasteiger partial charge is 0.0868 e. The lowest BCUT2D eigenvalue weighted by Crippen LogP contribution is -2.17. The minimum absolute atomic E-state index is 0.486. The summed E-state index contributed by atoms with van der Waals surface area (Å²) in [6, 6.07) is 2.70. The van der Waals surface area contributed by atoms with Gasteiger partial charge >= 0.3 is 0 Å². The molecule has 114 valence electrons. The van der Waals surface area contributed by atoms with Crippen LogP contribution in [0.2, 0.25) is 5.02 Å². The highest BCUT2D eigenvalue weighted by Crippen LogP contribution is 2.40. The van der Waals surface area contributed by atoms with Gasteiger partial charge in [0.05, 0.1) is 23.0 Å². The third-order valence-corrected chi connectivity index (χ3v) is 4.81. The van der Waals surface area contributed by atoms with E-state index in [1.165, 1.54) is 18.4 Å². The van der Waals surface area contributed by atoms with Gasteiger partial charge in [-0.1, -0.05) is 18.5 Å². The van der Waals surface area contributed by atoms with Gasteiger partial charge in [-0.25, -0.2) is 0 Å². The van der Waals surface area contributed by atoms with Gasteiger partial charge in [-0.15, -0.1) is 0 Å². The molecule has 2 aromatic rings. The standard InChI is InChI=1S/C16H23ClN4/c1-4-13-15(17)14(20(3)19-13)10-21-8-7-12(9-21)16(18-2)11-5-6-11/h7-9,11,16,18H,4-6,10H2,1-3H3. The van der Waals surface area contributed by atoms with E-state index >= 15 is 0 Å². The van der Waals surface area contributed by atoms with E-state index in [0.717, 1.165) is 35.3 Å². The van der Waals surface area contributed by atoms with Crippen LogP contribution in [-0.2, 0) is 20.0 Å². The Morgan fingerprint density at radius 2 is 2.24 bits per heavy atom. The Labute approximate surface area is 131 Å². The topological polar surface area (TPSA) is 34.8 Å². The summed E-state index contributed by atoms with van der Waals surface area (Å²) in [5, 5.41) is 8.72. The molecule has 0 radical (unpaired) electrons. The zero-order chi connectivity index (χ0) is 15.0. The number of aromatic nitrogens is 3. The van der Waals surface area contributed by atoms with Crippen LogP contribution in [0.4, 0.5) is 0 Å². The van der Waals surface area contributed by atoms with Crippen molar-refractivity contribution in [2.75, 3.05) is 7.05 Å². The van der Waals surface area contributed by atoms with Crippen LogP contribution in [0, 0.1) is 5.92 Å². The zero-order valence-corrected chi connectivity index (χ0v) is 13.7. The fraction of sp³-hybridized carbons (Fsp3) is 0.562. The van der Waals surface area contributed by atoms with Crippen LogP contribution in [0.25, 0.3) is 0 Å². The summed E-state index contributed by atoms with van der Waals surface area (Å²) in [4.78, 5) is 0. The average Bonchev–Trinajstić information content (AvgIpc) is 3.14. The highest BCUT2D eigenvalue weighted by Gasteiger charge is 2.31. The summed E-state index contributed by atoms with van der Waals surface area (Å²) in [7, 11) is 4.01. The first-order valence-corrected chi connectivity index (χ1v) is 8.05. The van der Waals surface area contributed by atoms with Crippen molar-refractivity contribution in [2.24, 2.45) is 13.0 Å². The molecule has 0 saturated heterocycles. The van der Waals surface area contributed by atoms with Gasteiger partial charge in [0.2, 0.25) is 0 Å². The maximum atomic E-state index is 6.43. The molecule has 3 rings (SSSR count). The zero-order valence-electron chi connectivity index (χ0n) is 12.9. The first-order valence-electron chi connectivity index (χ1n) is 7.67. The monoisotopic (exact) mass is 306 g/mol. The second kappa shape index (κ2) is 5.85. The van der Waals surface area contributed by atoms with Crippen molar-refractivity contribution in [1.82, 2.24) is 19.7 Å². The van der Waals surface area contributed by atoms with Crippen LogP contribution in [0.5, 0.6) is 0 Å². The molecule has 2 aromatic heterocycles. The number of halogens is 1. The SMILES string of the molecule is CCc1nn(C)c(Cn2ccc(C(NC)C3CC3)c2)c1Cl. The summed E-state index contributed by atoms with van der Waals surface area (Å²) in [6.45, 7) is 2.85. The third kappa shape index (κ3) is 2.87. The summed E-state index contributed by atoms with van der Waals surface area (Å²) in [5.74, 6) is 0.804. The quantitative estimate of drug-likeness (QED) is 0.889. The molecule has 21 heavy (non-hydrogen) atoms. The predicted octanol–water partition coefficient (Wildman–Crippen LogP) is 3.16. The molecule has 0 spiro atoms. The summed E-state index contributed by atoms with van der Waals surface area (Å²) in [6.07, 6.45) is 7.91. The second-order valence-corrected chi connectivity index (χ2v) is 6.28. The minimum Gasteiger partial charge on any atom is -0.348 e. The first kappa shape index (κ1) is 14.7. The fourth-order valence-corrected chi connectivity index (χ4v) is 3.36. The molecule has 4 nitrogen and oxygen atoms in total. The molecule has 0 bridgehead atoms. The number of hydrogen-bond acceptors (Lipinski definition) is 2. The van der Waals surface area contributed by atoms with Crippen LogP contribution in [0.15, 0.2) is 18.5 Å². The molecule has 1 N–H and O–H groups in total. The number of hydrogen-bond donors (Lipinski definition) is 1. The Kier molecular flexibility index (Phi) is 4.09. The Hall–Kier alpha value is -1.26. The van der Waals surface area contributed by atoms with Crippen molar-refractivity contribution in [3.63, 3.8) is 0 Å². The average molecular weight is 307 g/mol. The maximum absolute atomic E-state index is 6.43. The molecule has 1 fully saturated rings. The van der Waals surface area contributed by atoms with E-state index in [-0.39, 0.29) is 0 Å². The van der Waals surface area contributed by atoms with Crippen molar-refractivity contribution in [3.05, 3.63) is 40.4 Å². The van der Waals surface area contributed by atoms with Crippen LogP contribution < -0.4 is 5.32 Å². The molecule has 0 amide bonds. The predicted molar refractivity (Wildman–Crippen MR) is 85.7 cm³/mol. The van der Waals surface area contributed by atoms with Crippen LogP contribution >= 0.6 is 11.6 Å². The molecule has 1 saturated carbocycles. The molecule has 2 heterocycles. The normalized spacial score (nSPS) is 16.4. The van der Waals surface area contributed by atoms with Gasteiger partial charge in [0.25, 0.3) is 0 Å².